The lowest BCUT2D eigenvalue weighted by atomic mass is 10.1. The van der Waals surface area contributed by atoms with Crippen molar-refractivity contribution in [3.8, 4) is 28.6 Å². The van der Waals surface area contributed by atoms with E-state index >= 15 is 0 Å². The van der Waals surface area contributed by atoms with E-state index in [1.165, 1.54) is 56.4 Å². The molecule has 0 bridgehead atoms. The predicted molar refractivity (Wildman–Crippen MR) is 123 cm³/mol. The van der Waals surface area contributed by atoms with Gasteiger partial charge in [0.05, 0.1) is 21.3 Å². The Bertz CT molecular complexity index is 1370. The maximum Gasteiger partial charge on any atom is 0.263 e. The Morgan fingerprint density at radius 1 is 0.771 bits per heavy atom. The molecule has 4 rings (SSSR count). The molecule has 0 aliphatic heterocycles. The van der Waals surface area contributed by atoms with Crippen LogP contribution in [0.2, 0.25) is 0 Å². The highest BCUT2D eigenvalue weighted by molar-refractivity contribution is 6.09. The van der Waals surface area contributed by atoms with Gasteiger partial charge < -0.3 is 14.2 Å². The van der Waals surface area contributed by atoms with Gasteiger partial charge >= 0.3 is 0 Å². The first-order chi connectivity index (χ1) is 16.9. The first-order valence-electron chi connectivity index (χ1n) is 10.4. The summed E-state index contributed by atoms with van der Waals surface area (Å²) in [5, 5.41) is 0. The van der Waals surface area contributed by atoms with Crippen molar-refractivity contribution in [3.05, 3.63) is 95.3 Å². The van der Waals surface area contributed by atoms with E-state index in [-0.39, 0.29) is 22.6 Å². The van der Waals surface area contributed by atoms with E-state index in [9.17, 15) is 18.4 Å². The third kappa shape index (κ3) is 4.61. The molecule has 0 radical (unpaired) electrons. The van der Waals surface area contributed by atoms with Crippen LogP contribution in [0.25, 0.3) is 11.4 Å². The molecule has 0 aliphatic rings. The van der Waals surface area contributed by atoms with Gasteiger partial charge in [-0.05, 0) is 60.7 Å². The van der Waals surface area contributed by atoms with Gasteiger partial charge in [-0.25, -0.2) is 13.8 Å². The van der Waals surface area contributed by atoms with Crippen molar-refractivity contribution in [2.75, 3.05) is 21.3 Å². The van der Waals surface area contributed by atoms with Crippen LogP contribution in [0.15, 0.2) is 66.9 Å². The fourth-order valence-electron chi connectivity index (χ4n) is 3.54. The Kier molecular flexibility index (Phi) is 6.59. The SMILES string of the molecule is COc1cc(-c2nc(C(=O)c3ccc(F)cc3)cn2C(=O)c2ccc(F)cc2)cc(OC)c1OC. The van der Waals surface area contributed by atoms with E-state index in [1.807, 2.05) is 0 Å². The van der Waals surface area contributed by atoms with Crippen LogP contribution >= 0.6 is 0 Å². The van der Waals surface area contributed by atoms with E-state index in [1.54, 1.807) is 12.1 Å². The highest BCUT2D eigenvalue weighted by Crippen LogP contribution is 2.41. The minimum absolute atomic E-state index is 0.0455. The van der Waals surface area contributed by atoms with Crippen LogP contribution in [-0.4, -0.2) is 42.6 Å². The van der Waals surface area contributed by atoms with Crippen LogP contribution in [-0.2, 0) is 0 Å². The average Bonchev–Trinajstić information content (AvgIpc) is 3.33. The van der Waals surface area contributed by atoms with Crippen LogP contribution in [0, 0.1) is 11.6 Å². The summed E-state index contributed by atoms with van der Waals surface area (Å²) < 4.78 is 44.1. The molecule has 9 heteroatoms. The van der Waals surface area contributed by atoms with E-state index in [4.69, 9.17) is 14.2 Å². The van der Waals surface area contributed by atoms with Crippen LogP contribution < -0.4 is 14.2 Å². The molecule has 1 heterocycles. The van der Waals surface area contributed by atoms with Gasteiger partial charge in [-0.15, -0.1) is 0 Å². The average molecular weight is 478 g/mol. The molecule has 0 saturated heterocycles. The second-order valence-electron chi connectivity index (χ2n) is 7.38. The van der Waals surface area contributed by atoms with E-state index in [2.05, 4.69) is 4.98 Å². The first kappa shape index (κ1) is 23.6. The molecule has 0 amide bonds. The van der Waals surface area contributed by atoms with Gasteiger partial charge in [0.2, 0.25) is 11.5 Å². The van der Waals surface area contributed by atoms with Crippen LogP contribution in [0.4, 0.5) is 8.78 Å². The fraction of sp³-hybridized carbons (Fsp3) is 0.115. The lowest BCUT2D eigenvalue weighted by Gasteiger charge is -2.14. The molecule has 0 fully saturated rings. The number of carbonyl (C=O) groups excluding carboxylic acids is 2. The molecular formula is C26H20F2N2O5. The zero-order valence-electron chi connectivity index (χ0n) is 19.0. The van der Waals surface area contributed by atoms with Gasteiger partial charge in [0.25, 0.3) is 5.91 Å². The number of ether oxygens (including phenoxy) is 3. The number of hydrogen-bond acceptors (Lipinski definition) is 6. The van der Waals surface area contributed by atoms with Crippen molar-refractivity contribution in [2.24, 2.45) is 0 Å². The van der Waals surface area contributed by atoms with Crippen LogP contribution in [0.5, 0.6) is 17.2 Å². The van der Waals surface area contributed by atoms with Gasteiger partial charge in [0.1, 0.15) is 23.2 Å². The molecule has 0 spiro atoms. The molecule has 7 nitrogen and oxygen atoms in total. The Morgan fingerprint density at radius 3 is 1.77 bits per heavy atom. The number of methoxy groups -OCH3 is 3. The molecule has 1 aromatic heterocycles. The number of ketones is 1. The summed E-state index contributed by atoms with van der Waals surface area (Å²) >= 11 is 0. The number of rotatable bonds is 7. The number of hydrogen-bond donors (Lipinski definition) is 0. The van der Waals surface area contributed by atoms with Gasteiger partial charge in [0, 0.05) is 22.9 Å². The number of halogens is 2. The molecule has 3 aromatic carbocycles. The smallest absolute Gasteiger partial charge is 0.263 e. The molecule has 0 saturated carbocycles. The summed E-state index contributed by atoms with van der Waals surface area (Å²) in [6.45, 7) is 0. The van der Waals surface area contributed by atoms with Gasteiger partial charge in [-0.2, -0.15) is 0 Å². The van der Waals surface area contributed by atoms with E-state index in [0.717, 1.165) is 24.3 Å². The second kappa shape index (κ2) is 9.76. The Labute approximate surface area is 199 Å². The van der Waals surface area contributed by atoms with Crippen molar-refractivity contribution in [1.29, 1.82) is 0 Å². The number of carbonyl (C=O) groups is 2. The summed E-state index contributed by atoms with van der Waals surface area (Å²) in [6, 6.07) is 13.1. The normalized spacial score (nSPS) is 10.7. The molecule has 0 aliphatic carbocycles. The van der Waals surface area contributed by atoms with Crippen molar-refractivity contribution in [2.45, 2.75) is 0 Å². The zero-order chi connectivity index (χ0) is 25.1. The highest BCUT2D eigenvalue weighted by Gasteiger charge is 2.24. The fourth-order valence-corrected chi connectivity index (χ4v) is 3.54. The van der Waals surface area contributed by atoms with Crippen LogP contribution in [0.3, 0.4) is 0 Å². The molecular weight excluding hydrogens is 458 g/mol. The Balaban J connectivity index is 1.89. The van der Waals surface area contributed by atoms with Crippen molar-refractivity contribution >= 4 is 11.7 Å². The van der Waals surface area contributed by atoms with Crippen molar-refractivity contribution < 1.29 is 32.6 Å². The van der Waals surface area contributed by atoms with Crippen molar-refractivity contribution in [1.82, 2.24) is 9.55 Å². The quantitative estimate of drug-likeness (QED) is 0.356. The summed E-state index contributed by atoms with van der Waals surface area (Å²) in [4.78, 5) is 30.9. The predicted octanol–water partition coefficient (Wildman–Crippen LogP) is 4.77. The third-order valence-corrected chi connectivity index (χ3v) is 5.28. The third-order valence-electron chi connectivity index (χ3n) is 5.28. The molecule has 0 N–H and O–H groups in total. The van der Waals surface area contributed by atoms with Gasteiger partial charge in [-0.1, -0.05) is 0 Å². The minimum Gasteiger partial charge on any atom is -0.493 e. The monoisotopic (exact) mass is 478 g/mol. The molecule has 4 aromatic rings. The van der Waals surface area contributed by atoms with Crippen LogP contribution in [0.1, 0.15) is 26.4 Å². The van der Waals surface area contributed by atoms with E-state index < -0.39 is 23.3 Å². The number of nitrogens with zero attached hydrogens (tertiary/aromatic N) is 2. The minimum atomic E-state index is -0.542. The number of aromatic nitrogens is 2. The first-order valence-corrected chi connectivity index (χ1v) is 10.4. The highest BCUT2D eigenvalue weighted by atomic mass is 19.1. The van der Waals surface area contributed by atoms with Crippen molar-refractivity contribution in [3.63, 3.8) is 0 Å². The van der Waals surface area contributed by atoms with Gasteiger partial charge in [-0.3, -0.25) is 14.2 Å². The maximum atomic E-state index is 13.4. The summed E-state index contributed by atoms with van der Waals surface area (Å²) in [5.74, 6) is -0.952. The lowest BCUT2D eigenvalue weighted by molar-refractivity contribution is 0.0961. The van der Waals surface area contributed by atoms with E-state index in [0.29, 0.717) is 22.8 Å². The van der Waals surface area contributed by atoms with Gasteiger partial charge in [0.15, 0.2) is 11.5 Å². The number of benzene rings is 3. The Hall–Kier alpha value is -4.53. The Morgan fingerprint density at radius 2 is 1.29 bits per heavy atom. The zero-order valence-corrected chi connectivity index (χ0v) is 19.0. The second-order valence-corrected chi connectivity index (χ2v) is 7.38. The lowest BCUT2D eigenvalue weighted by Crippen LogP contribution is -2.13. The molecule has 0 atom stereocenters. The standard InChI is InChI=1S/C26H20F2N2O5/c1-33-21-12-17(13-22(34-2)24(21)35-3)25-29-20(23(31)15-4-8-18(27)9-5-15)14-30(25)26(32)16-6-10-19(28)11-7-16/h4-14H,1-3H3. The largest absolute Gasteiger partial charge is 0.493 e. The maximum absolute atomic E-state index is 13.4. The molecule has 35 heavy (non-hydrogen) atoms. The molecule has 178 valence electrons. The summed E-state index contributed by atoms with van der Waals surface area (Å²) in [6.07, 6.45) is 1.29. The summed E-state index contributed by atoms with van der Waals surface area (Å²) in [5.41, 5.74) is 0.726. The number of imidazole rings is 1. The molecule has 0 unspecified atom stereocenters. The summed E-state index contributed by atoms with van der Waals surface area (Å²) in [7, 11) is 4.35. The topological polar surface area (TPSA) is 79.7 Å².